The van der Waals surface area contributed by atoms with E-state index < -0.39 is 0 Å². The zero-order valence-corrected chi connectivity index (χ0v) is 9.28. The zero-order chi connectivity index (χ0) is 11.0. The van der Waals surface area contributed by atoms with Gasteiger partial charge in [0.05, 0.1) is 5.54 Å². The van der Waals surface area contributed by atoms with Gasteiger partial charge in [-0.05, 0) is 25.0 Å². The molecule has 16 heavy (non-hydrogen) atoms. The van der Waals surface area contributed by atoms with Crippen LogP contribution in [0.3, 0.4) is 0 Å². The Bertz CT molecular complexity index is 464. The molecule has 84 valence electrons. The molecule has 3 nitrogen and oxygen atoms in total. The number of hydrogen-bond acceptors (Lipinski definition) is 3. The van der Waals surface area contributed by atoms with Crippen LogP contribution in [0.15, 0.2) is 28.9 Å². The van der Waals surface area contributed by atoms with Crippen molar-refractivity contribution in [3.05, 3.63) is 30.3 Å². The van der Waals surface area contributed by atoms with Crippen LogP contribution in [0.1, 0.15) is 37.9 Å². The molecule has 0 aliphatic heterocycles. The quantitative estimate of drug-likeness (QED) is 0.797. The van der Waals surface area contributed by atoms with Crippen molar-refractivity contribution in [3.63, 3.8) is 0 Å². The van der Waals surface area contributed by atoms with Gasteiger partial charge in [0.2, 0.25) is 0 Å². The summed E-state index contributed by atoms with van der Waals surface area (Å²) in [5.74, 6) is 0.926. The van der Waals surface area contributed by atoms with Gasteiger partial charge in [-0.25, -0.2) is 0 Å². The van der Waals surface area contributed by atoms with Crippen LogP contribution >= 0.6 is 0 Å². The standard InChI is InChI=1S/C13H16N2O/c14-13(5-2-1-3-6-13)12-8-10-9-15-7-4-11(10)16-12/h4,7-9H,1-3,5-6,14H2. The SMILES string of the molecule is NC1(c2cc3cnccc3o2)CCCCC1. The fraction of sp³-hybridized carbons (Fsp3) is 0.462. The van der Waals surface area contributed by atoms with Crippen LogP contribution in [-0.2, 0) is 5.54 Å². The molecule has 2 N–H and O–H groups in total. The molecule has 0 saturated heterocycles. The Balaban J connectivity index is 2.04. The van der Waals surface area contributed by atoms with Crippen LogP contribution in [-0.4, -0.2) is 4.98 Å². The highest BCUT2D eigenvalue weighted by Crippen LogP contribution is 2.37. The molecular weight excluding hydrogens is 200 g/mol. The Morgan fingerprint density at radius 1 is 1.25 bits per heavy atom. The summed E-state index contributed by atoms with van der Waals surface area (Å²) in [5.41, 5.74) is 7.07. The summed E-state index contributed by atoms with van der Waals surface area (Å²) in [4.78, 5) is 4.09. The number of nitrogens with zero attached hydrogens (tertiary/aromatic N) is 1. The molecular formula is C13H16N2O. The van der Waals surface area contributed by atoms with Crippen molar-refractivity contribution >= 4 is 11.0 Å². The number of aromatic nitrogens is 1. The summed E-state index contributed by atoms with van der Waals surface area (Å²) in [7, 11) is 0. The summed E-state index contributed by atoms with van der Waals surface area (Å²) in [5, 5.41) is 1.05. The summed E-state index contributed by atoms with van der Waals surface area (Å²) in [6.45, 7) is 0. The van der Waals surface area contributed by atoms with Crippen molar-refractivity contribution in [2.45, 2.75) is 37.6 Å². The minimum absolute atomic E-state index is 0.253. The average Bonchev–Trinajstić information content (AvgIpc) is 2.74. The number of hydrogen-bond donors (Lipinski definition) is 1. The lowest BCUT2D eigenvalue weighted by molar-refractivity contribution is 0.257. The van der Waals surface area contributed by atoms with Crippen LogP contribution in [0.4, 0.5) is 0 Å². The lowest BCUT2D eigenvalue weighted by Crippen LogP contribution is -2.38. The smallest absolute Gasteiger partial charge is 0.137 e. The lowest BCUT2D eigenvalue weighted by Gasteiger charge is -2.31. The fourth-order valence-corrected chi connectivity index (χ4v) is 2.56. The van der Waals surface area contributed by atoms with E-state index in [0.29, 0.717) is 0 Å². The summed E-state index contributed by atoms with van der Waals surface area (Å²) >= 11 is 0. The van der Waals surface area contributed by atoms with E-state index in [1.165, 1.54) is 19.3 Å². The normalized spacial score (nSPS) is 20.1. The Morgan fingerprint density at radius 2 is 2.06 bits per heavy atom. The van der Waals surface area contributed by atoms with Crippen molar-refractivity contribution in [2.75, 3.05) is 0 Å². The van der Waals surface area contributed by atoms with Gasteiger partial charge < -0.3 is 10.2 Å². The maximum absolute atomic E-state index is 6.43. The first kappa shape index (κ1) is 9.85. The minimum Gasteiger partial charge on any atom is -0.459 e. The molecule has 2 heterocycles. The number of rotatable bonds is 1. The number of fused-ring (bicyclic) bond motifs is 1. The van der Waals surface area contributed by atoms with Crippen molar-refractivity contribution in [1.82, 2.24) is 4.98 Å². The third-order valence-electron chi connectivity index (χ3n) is 3.55. The zero-order valence-electron chi connectivity index (χ0n) is 9.28. The molecule has 0 unspecified atom stereocenters. The van der Waals surface area contributed by atoms with Crippen molar-refractivity contribution < 1.29 is 4.42 Å². The summed E-state index contributed by atoms with van der Waals surface area (Å²) in [6, 6.07) is 3.94. The molecule has 3 heteroatoms. The highest BCUT2D eigenvalue weighted by molar-refractivity contribution is 5.76. The second kappa shape index (κ2) is 3.59. The predicted molar refractivity (Wildman–Crippen MR) is 63.0 cm³/mol. The van der Waals surface area contributed by atoms with Gasteiger partial charge in [-0.1, -0.05) is 19.3 Å². The van der Waals surface area contributed by atoms with Gasteiger partial charge in [-0.15, -0.1) is 0 Å². The molecule has 2 aromatic heterocycles. The van der Waals surface area contributed by atoms with E-state index in [9.17, 15) is 0 Å². The van der Waals surface area contributed by atoms with Crippen LogP contribution in [0.25, 0.3) is 11.0 Å². The molecule has 0 bridgehead atoms. The number of pyridine rings is 1. The highest BCUT2D eigenvalue weighted by Gasteiger charge is 2.32. The molecule has 2 aromatic rings. The molecule has 0 radical (unpaired) electrons. The van der Waals surface area contributed by atoms with Crippen LogP contribution in [0.2, 0.25) is 0 Å². The van der Waals surface area contributed by atoms with E-state index >= 15 is 0 Å². The molecule has 1 aliphatic carbocycles. The largest absolute Gasteiger partial charge is 0.459 e. The molecule has 3 rings (SSSR count). The first-order chi connectivity index (χ1) is 7.78. The highest BCUT2D eigenvalue weighted by atomic mass is 16.3. The van der Waals surface area contributed by atoms with Crippen molar-refractivity contribution in [2.24, 2.45) is 5.73 Å². The molecule has 1 saturated carbocycles. The van der Waals surface area contributed by atoms with Gasteiger partial charge in [0.15, 0.2) is 0 Å². The van der Waals surface area contributed by atoms with Crippen LogP contribution in [0.5, 0.6) is 0 Å². The lowest BCUT2D eigenvalue weighted by atomic mass is 9.81. The van der Waals surface area contributed by atoms with Crippen molar-refractivity contribution in [1.29, 1.82) is 0 Å². The van der Waals surface area contributed by atoms with E-state index in [4.69, 9.17) is 10.2 Å². The van der Waals surface area contributed by atoms with Gasteiger partial charge in [0, 0.05) is 17.8 Å². The summed E-state index contributed by atoms with van der Waals surface area (Å²) in [6.07, 6.45) is 9.33. The maximum atomic E-state index is 6.43. The van der Waals surface area contributed by atoms with Gasteiger partial charge in [-0.3, -0.25) is 4.98 Å². The number of nitrogens with two attached hydrogens (primary N) is 1. The Hall–Kier alpha value is -1.35. The molecule has 1 aliphatic rings. The van der Waals surface area contributed by atoms with Crippen LogP contribution < -0.4 is 5.73 Å². The van der Waals surface area contributed by atoms with E-state index in [1.807, 2.05) is 18.3 Å². The second-order valence-electron chi connectivity index (χ2n) is 4.74. The summed E-state index contributed by atoms with van der Waals surface area (Å²) < 4.78 is 5.85. The van der Waals surface area contributed by atoms with E-state index in [-0.39, 0.29) is 5.54 Å². The Labute approximate surface area is 94.7 Å². The first-order valence-corrected chi connectivity index (χ1v) is 5.91. The molecule has 1 fully saturated rings. The third-order valence-corrected chi connectivity index (χ3v) is 3.55. The first-order valence-electron chi connectivity index (χ1n) is 5.91. The second-order valence-corrected chi connectivity index (χ2v) is 4.74. The molecule has 0 aromatic carbocycles. The topological polar surface area (TPSA) is 52.0 Å². The Morgan fingerprint density at radius 3 is 2.81 bits per heavy atom. The fourth-order valence-electron chi connectivity index (χ4n) is 2.56. The molecule has 0 amide bonds. The monoisotopic (exact) mass is 216 g/mol. The van der Waals surface area contributed by atoms with Crippen LogP contribution in [0, 0.1) is 0 Å². The van der Waals surface area contributed by atoms with E-state index in [1.54, 1.807) is 6.20 Å². The van der Waals surface area contributed by atoms with Crippen molar-refractivity contribution in [3.8, 4) is 0 Å². The maximum Gasteiger partial charge on any atom is 0.137 e. The number of furan rings is 1. The van der Waals surface area contributed by atoms with Gasteiger partial charge in [0.1, 0.15) is 11.3 Å². The third kappa shape index (κ3) is 1.52. The Kier molecular flexibility index (Phi) is 2.21. The van der Waals surface area contributed by atoms with Gasteiger partial charge in [0.25, 0.3) is 0 Å². The minimum atomic E-state index is -0.253. The average molecular weight is 216 g/mol. The van der Waals surface area contributed by atoms with Gasteiger partial charge >= 0.3 is 0 Å². The van der Waals surface area contributed by atoms with E-state index in [0.717, 1.165) is 29.6 Å². The van der Waals surface area contributed by atoms with Gasteiger partial charge in [-0.2, -0.15) is 0 Å². The predicted octanol–water partition coefficient (Wildman–Crippen LogP) is 2.95. The van der Waals surface area contributed by atoms with E-state index in [2.05, 4.69) is 4.98 Å². The molecule has 0 spiro atoms. The molecule has 0 atom stereocenters.